The Morgan fingerprint density at radius 2 is 2.06 bits per heavy atom. The van der Waals surface area contributed by atoms with Gasteiger partial charge < -0.3 is 15.2 Å². The number of aromatic hydroxyl groups is 1. The quantitative estimate of drug-likeness (QED) is 0.462. The van der Waals surface area contributed by atoms with E-state index in [1.807, 2.05) is 12.1 Å². The Morgan fingerprint density at radius 3 is 2.65 bits per heavy atom. The lowest BCUT2D eigenvalue weighted by Gasteiger charge is -2.03. The molecule has 0 bridgehead atoms. The van der Waals surface area contributed by atoms with Crippen LogP contribution < -0.4 is 5.32 Å². The van der Waals surface area contributed by atoms with Crippen LogP contribution in [-0.2, 0) is 16.1 Å². The number of benzene rings is 1. The first-order chi connectivity index (χ1) is 8.13. The number of carbonyl (C=O) groups excluding carboxylic acids is 1. The number of hydrogen-bond acceptors (Lipinski definition) is 4. The second-order valence-electron chi connectivity index (χ2n) is 3.68. The van der Waals surface area contributed by atoms with Crippen LogP contribution in [0.3, 0.4) is 0 Å². The van der Waals surface area contributed by atoms with Crippen LogP contribution in [0.1, 0.15) is 12.5 Å². The summed E-state index contributed by atoms with van der Waals surface area (Å²) in [5.41, 5.74) is 1.66. The van der Waals surface area contributed by atoms with Crippen molar-refractivity contribution in [2.75, 3.05) is 13.7 Å². The van der Waals surface area contributed by atoms with Gasteiger partial charge in [0.05, 0.1) is 7.11 Å². The van der Waals surface area contributed by atoms with E-state index in [4.69, 9.17) is 5.11 Å². The number of carbonyl (C=O) groups is 1. The van der Waals surface area contributed by atoms with Crippen molar-refractivity contribution in [2.45, 2.75) is 13.5 Å². The van der Waals surface area contributed by atoms with E-state index < -0.39 is 0 Å². The van der Waals surface area contributed by atoms with E-state index in [1.165, 1.54) is 7.11 Å². The number of phenolic OH excluding ortho intramolecular Hbond substituents is 1. The Hall–Kier alpha value is -1.81. The summed E-state index contributed by atoms with van der Waals surface area (Å²) in [6.45, 7) is 3.00. The van der Waals surface area contributed by atoms with Crippen LogP contribution in [0, 0.1) is 0 Å². The third-order valence-corrected chi connectivity index (χ3v) is 2.33. The topological polar surface area (TPSA) is 58.6 Å². The molecule has 4 nitrogen and oxygen atoms in total. The highest BCUT2D eigenvalue weighted by Gasteiger charge is 2.01. The fraction of sp³-hybridized carbons (Fsp3) is 0.308. The summed E-state index contributed by atoms with van der Waals surface area (Å²) in [6.07, 6.45) is 1.78. The van der Waals surface area contributed by atoms with Crippen LogP contribution in [-0.4, -0.2) is 24.7 Å². The molecule has 0 unspecified atom stereocenters. The van der Waals surface area contributed by atoms with Crippen LogP contribution in [0.2, 0.25) is 0 Å². The fourth-order valence-corrected chi connectivity index (χ4v) is 1.30. The summed E-state index contributed by atoms with van der Waals surface area (Å²) in [5.74, 6) is -0.0494. The van der Waals surface area contributed by atoms with Gasteiger partial charge in [0.15, 0.2) is 0 Å². The molecule has 0 aliphatic carbocycles. The molecule has 0 spiro atoms. The maximum Gasteiger partial charge on any atom is 0.333 e. The summed E-state index contributed by atoms with van der Waals surface area (Å²) >= 11 is 0. The maximum absolute atomic E-state index is 11.1. The molecule has 4 heteroatoms. The number of methoxy groups -OCH3 is 1. The van der Waals surface area contributed by atoms with E-state index in [9.17, 15) is 4.79 Å². The van der Waals surface area contributed by atoms with Gasteiger partial charge in [-0.3, -0.25) is 0 Å². The monoisotopic (exact) mass is 235 g/mol. The first-order valence-corrected chi connectivity index (χ1v) is 5.37. The molecule has 1 rings (SSSR count). The minimum Gasteiger partial charge on any atom is -0.508 e. The van der Waals surface area contributed by atoms with Crippen LogP contribution >= 0.6 is 0 Å². The number of ether oxygens (including phenoxy) is 1. The Morgan fingerprint density at radius 1 is 1.41 bits per heavy atom. The Balaban J connectivity index is 2.33. The van der Waals surface area contributed by atoms with Crippen molar-refractivity contribution in [3.63, 3.8) is 0 Å². The highest BCUT2D eigenvalue weighted by molar-refractivity contribution is 5.87. The van der Waals surface area contributed by atoms with Gasteiger partial charge in [0, 0.05) is 18.7 Å². The van der Waals surface area contributed by atoms with Crippen molar-refractivity contribution in [1.29, 1.82) is 0 Å². The zero-order chi connectivity index (χ0) is 12.7. The lowest BCUT2D eigenvalue weighted by Crippen LogP contribution is -2.14. The van der Waals surface area contributed by atoms with Gasteiger partial charge in [-0.2, -0.15) is 0 Å². The average Bonchev–Trinajstić information content (AvgIpc) is 2.35. The lowest BCUT2D eigenvalue weighted by molar-refractivity contribution is -0.136. The second kappa shape index (κ2) is 6.70. The molecule has 0 aliphatic heterocycles. The molecule has 0 saturated heterocycles. The first-order valence-electron chi connectivity index (χ1n) is 5.37. The first kappa shape index (κ1) is 13.3. The molecule has 0 radical (unpaired) electrons. The molecule has 0 aromatic heterocycles. The third-order valence-electron chi connectivity index (χ3n) is 2.33. The molecule has 0 fully saturated rings. The van der Waals surface area contributed by atoms with E-state index in [-0.39, 0.29) is 11.7 Å². The predicted molar refractivity (Wildman–Crippen MR) is 65.6 cm³/mol. The van der Waals surface area contributed by atoms with Crippen molar-refractivity contribution in [1.82, 2.24) is 5.32 Å². The largest absolute Gasteiger partial charge is 0.508 e. The summed E-state index contributed by atoms with van der Waals surface area (Å²) < 4.78 is 4.58. The smallest absolute Gasteiger partial charge is 0.333 e. The highest BCUT2D eigenvalue weighted by atomic mass is 16.5. The Labute approximate surface area is 101 Å². The summed E-state index contributed by atoms with van der Waals surface area (Å²) in [4.78, 5) is 11.1. The van der Waals surface area contributed by atoms with Crippen LogP contribution in [0.4, 0.5) is 0 Å². The summed E-state index contributed by atoms with van der Waals surface area (Å²) in [6, 6.07) is 6.98. The molecule has 2 N–H and O–H groups in total. The number of esters is 1. The van der Waals surface area contributed by atoms with Crippen LogP contribution in [0.25, 0.3) is 0 Å². The molecule has 0 amide bonds. The maximum atomic E-state index is 11.1. The van der Waals surface area contributed by atoms with Crippen molar-refractivity contribution < 1.29 is 14.6 Å². The minimum absolute atomic E-state index is 0.259. The molecular weight excluding hydrogens is 218 g/mol. The Kier molecular flexibility index (Phi) is 5.23. The highest BCUT2D eigenvalue weighted by Crippen LogP contribution is 2.08. The zero-order valence-electron chi connectivity index (χ0n) is 10.1. The van der Waals surface area contributed by atoms with Crippen LogP contribution in [0.5, 0.6) is 5.75 Å². The molecule has 1 aromatic rings. The summed E-state index contributed by atoms with van der Waals surface area (Å²) in [5, 5.41) is 12.3. The van der Waals surface area contributed by atoms with Crippen molar-refractivity contribution in [2.24, 2.45) is 0 Å². The van der Waals surface area contributed by atoms with Gasteiger partial charge >= 0.3 is 5.97 Å². The van der Waals surface area contributed by atoms with E-state index in [2.05, 4.69) is 10.1 Å². The van der Waals surface area contributed by atoms with Gasteiger partial charge in [-0.05, 0) is 24.6 Å². The number of rotatable bonds is 5. The Bertz CT molecular complexity index is 396. The van der Waals surface area contributed by atoms with Gasteiger partial charge in [0.25, 0.3) is 0 Å². The minimum atomic E-state index is -0.309. The zero-order valence-corrected chi connectivity index (χ0v) is 10.1. The molecule has 0 heterocycles. The predicted octanol–water partition coefficient (Wildman–Crippen LogP) is 1.60. The lowest BCUT2D eigenvalue weighted by atomic mass is 10.2. The van der Waals surface area contributed by atoms with Crippen molar-refractivity contribution in [3.8, 4) is 5.75 Å². The van der Waals surface area contributed by atoms with Crippen molar-refractivity contribution in [3.05, 3.63) is 41.5 Å². The second-order valence-corrected chi connectivity index (χ2v) is 3.68. The van der Waals surface area contributed by atoms with Crippen molar-refractivity contribution >= 4 is 5.97 Å². The molecule has 0 saturated carbocycles. The van der Waals surface area contributed by atoms with Gasteiger partial charge in [-0.15, -0.1) is 0 Å². The van der Waals surface area contributed by atoms with E-state index in [1.54, 1.807) is 25.1 Å². The SMILES string of the molecule is COC(=O)/C(C)=C/CNCc1ccc(O)cc1. The van der Waals surface area contributed by atoms with E-state index in [0.717, 1.165) is 5.56 Å². The van der Waals surface area contributed by atoms with Crippen LogP contribution in [0.15, 0.2) is 35.9 Å². The molecule has 0 atom stereocenters. The van der Waals surface area contributed by atoms with Gasteiger partial charge in [0.1, 0.15) is 5.75 Å². The number of nitrogens with one attached hydrogen (secondary N) is 1. The fourth-order valence-electron chi connectivity index (χ4n) is 1.30. The van der Waals surface area contributed by atoms with Gasteiger partial charge in [0.2, 0.25) is 0 Å². The molecule has 0 aliphatic rings. The standard InChI is InChI=1S/C13H17NO3/c1-10(13(16)17-2)7-8-14-9-11-3-5-12(15)6-4-11/h3-7,14-15H,8-9H2,1-2H3/b10-7+. The average molecular weight is 235 g/mol. The normalized spacial score (nSPS) is 11.3. The number of hydrogen-bond donors (Lipinski definition) is 2. The van der Waals surface area contributed by atoms with E-state index >= 15 is 0 Å². The van der Waals surface area contributed by atoms with Gasteiger partial charge in [-0.1, -0.05) is 18.2 Å². The summed E-state index contributed by atoms with van der Waals surface area (Å²) in [7, 11) is 1.36. The number of phenols is 1. The third kappa shape index (κ3) is 4.70. The molecule has 17 heavy (non-hydrogen) atoms. The molecular formula is C13H17NO3. The molecule has 92 valence electrons. The molecule has 1 aromatic carbocycles. The van der Waals surface area contributed by atoms with E-state index in [0.29, 0.717) is 18.7 Å². The van der Waals surface area contributed by atoms with Gasteiger partial charge in [-0.25, -0.2) is 4.79 Å².